The molecular weight excluding hydrogens is 260 g/mol. The molecule has 2 N–H and O–H groups in total. The largest absolute Gasteiger partial charge is 0.370 e. The highest BCUT2D eigenvalue weighted by atomic mass is 19.1. The predicted molar refractivity (Wildman–Crippen MR) is 76.5 cm³/mol. The van der Waals surface area contributed by atoms with Crippen LogP contribution < -0.4 is 5.73 Å². The molecule has 1 aromatic carbocycles. The fourth-order valence-corrected chi connectivity index (χ4v) is 2.51. The summed E-state index contributed by atoms with van der Waals surface area (Å²) in [5.41, 5.74) is 6.43. The molecule has 110 valence electrons. The van der Waals surface area contributed by atoms with E-state index in [1.54, 1.807) is 0 Å². The zero-order chi connectivity index (χ0) is 14.5. The first-order valence-corrected chi connectivity index (χ1v) is 7.05. The summed E-state index contributed by atoms with van der Waals surface area (Å²) >= 11 is 0. The SMILES string of the molecule is CC1CCCN(C(N)=NCCc2ccc(F)cc2F)C1. The maximum atomic E-state index is 13.5. The van der Waals surface area contributed by atoms with Crippen molar-refractivity contribution < 1.29 is 8.78 Å². The molecule has 0 aromatic heterocycles. The first kappa shape index (κ1) is 14.8. The Balaban J connectivity index is 1.88. The van der Waals surface area contributed by atoms with Crippen LogP contribution in [0.15, 0.2) is 23.2 Å². The Morgan fingerprint density at radius 3 is 2.95 bits per heavy atom. The van der Waals surface area contributed by atoms with E-state index < -0.39 is 11.6 Å². The average molecular weight is 281 g/mol. The number of aliphatic imine (C=N–C) groups is 1. The molecule has 0 spiro atoms. The number of hydrogen-bond acceptors (Lipinski definition) is 1. The number of hydrogen-bond donors (Lipinski definition) is 1. The zero-order valence-electron chi connectivity index (χ0n) is 11.8. The van der Waals surface area contributed by atoms with Crippen LogP contribution in [-0.2, 0) is 6.42 Å². The second-order valence-corrected chi connectivity index (χ2v) is 5.42. The molecule has 0 bridgehead atoms. The molecule has 1 fully saturated rings. The van der Waals surface area contributed by atoms with Crippen LogP contribution in [0.1, 0.15) is 25.3 Å². The molecule has 1 saturated heterocycles. The minimum absolute atomic E-state index is 0.416. The van der Waals surface area contributed by atoms with Gasteiger partial charge in [-0.15, -0.1) is 0 Å². The number of piperidine rings is 1. The summed E-state index contributed by atoms with van der Waals surface area (Å²) in [6.45, 7) is 4.48. The average Bonchev–Trinajstić information content (AvgIpc) is 2.41. The number of rotatable bonds is 3. The van der Waals surface area contributed by atoms with Gasteiger partial charge in [0.1, 0.15) is 11.6 Å². The molecule has 5 heteroatoms. The van der Waals surface area contributed by atoms with Crippen LogP contribution in [-0.4, -0.2) is 30.5 Å². The van der Waals surface area contributed by atoms with E-state index in [9.17, 15) is 8.78 Å². The van der Waals surface area contributed by atoms with Crippen molar-refractivity contribution in [1.82, 2.24) is 4.90 Å². The highest BCUT2D eigenvalue weighted by Gasteiger charge is 2.17. The molecule has 0 amide bonds. The normalized spacial score (nSPS) is 20.2. The van der Waals surface area contributed by atoms with Gasteiger partial charge in [0.25, 0.3) is 0 Å². The third kappa shape index (κ3) is 3.92. The van der Waals surface area contributed by atoms with E-state index in [0.717, 1.165) is 25.6 Å². The topological polar surface area (TPSA) is 41.6 Å². The second kappa shape index (κ2) is 6.68. The van der Waals surface area contributed by atoms with Gasteiger partial charge in [-0.2, -0.15) is 0 Å². The zero-order valence-corrected chi connectivity index (χ0v) is 11.8. The summed E-state index contributed by atoms with van der Waals surface area (Å²) in [6, 6.07) is 3.62. The molecule has 0 aliphatic carbocycles. The number of halogens is 2. The number of nitrogens with two attached hydrogens (primary N) is 1. The Morgan fingerprint density at radius 1 is 1.45 bits per heavy atom. The van der Waals surface area contributed by atoms with Gasteiger partial charge in [-0.25, -0.2) is 8.78 Å². The lowest BCUT2D eigenvalue weighted by Gasteiger charge is -2.31. The van der Waals surface area contributed by atoms with Crippen molar-refractivity contribution in [2.45, 2.75) is 26.2 Å². The molecule has 0 saturated carbocycles. The van der Waals surface area contributed by atoms with Crippen molar-refractivity contribution >= 4 is 5.96 Å². The van der Waals surface area contributed by atoms with Gasteiger partial charge in [0.05, 0.1) is 0 Å². The van der Waals surface area contributed by atoms with Crippen molar-refractivity contribution in [2.75, 3.05) is 19.6 Å². The highest BCUT2D eigenvalue weighted by Crippen LogP contribution is 2.15. The Bertz CT molecular complexity index is 488. The van der Waals surface area contributed by atoms with Gasteiger partial charge in [0.15, 0.2) is 5.96 Å². The summed E-state index contributed by atoms with van der Waals surface area (Å²) in [5, 5.41) is 0. The van der Waals surface area contributed by atoms with Crippen LogP contribution >= 0.6 is 0 Å². The summed E-state index contributed by atoms with van der Waals surface area (Å²) in [5.74, 6) is 0.0769. The van der Waals surface area contributed by atoms with Crippen LogP contribution in [0.2, 0.25) is 0 Å². The van der Waals surface area contributed by atoms with Gasteiger partial charge in [-0.1, -0.05) is 13.0 Å². The van der Waals surface area contributed by atoms with E-state index in [2.05, 4.69) is 16.8 Å². The fraction of sp³-hybridized carbons (Fsp3) is 0.533. The molecule has 1 atom stereocenters. The Morgan fingerprint density at radius 2 is 2.25 bits per heavy atom. The van der Waals surface area contributed by atoms with E-state index in [1.807, 2.05) is 0 Å². The molecule has 1 unspecified atom stereocenters. The lowest BCUT2D eigenvalue weighted by molar-refractivity contribution is 0.270. The van der Waals surface area contributed by atoms with Crippen molar-refractivity contribution in [2.24, 2.45) is 16.6 Å². The molecule has 20 heavy (non-hydrogen) atoms. The lowest BCUT2D eigenvalue weighted by atomic mass is 10.0. The van der Waals surface area contributed by atoms with E-state index in [1.165, 1.54) is 18.6 Å². The van der Waals surface area contributed by atoms with Crippen LogP contribution in [0.25, 0.3) is 0 Å². The molecule has 0 radical (unpaired) electrons. The van der Waals surface area contributed by atoms with Gasteiger partial charge in [0, 0.05) is 25.7 Å². The number of nitrogens with zero attached hydrogens (tertiary/aromatic N) is 2. The Hall–Kier alpha value is -1.65. The van der Waals surface area contributed by atoms with Crippen molar-refractivity contribution in [3.05, 3.63) is 35.4 Å². The highest BCUT2D eigenvalue weighted by molar-refractivity contribution is 5.78. The third-order valence-corrected chi connectivity index (χ3v) is 3.65. The van der Waals surface area contributed by atoms with Gasteiger partial charge in [-0.05, 0) is 36.8 Å². The summed E-state index contributed by atoms with van der Waals surface area (Å²) in [7, 11) is 0. The molecular formula is C15H21F2N3. The van der Waals surface area contributed by atoms with Crippen molar-refractivity contribution in [1.29, 1.82) is 0 Å². The smallest absolute Gasteiger partial charge is 0.191 e. The summed E-state index contributed by atoms with van der Waals surface area (Å²) in [4.78, 5) is 6.38. The monoisotopic (exact) mass is 281 g/mol. The molecule has 1 aliphatic rings. The van der Waals surface area contributed by atoms with Crippen LogP contribution in [0.4, 0.5) is 8.78 Å². The number of guanidine groups is 1. The molecule has 3 nitrogen and oxygen atoms in total. The minimum atomic E-state index is -0.559. The van der Waals surface area contributed by atoms with E-state index in [4.69, 9.17) is 5.73 Å². The second-order valence-electron chi connectivity index (χ2n) is 5.42. The van der Waals surface area contributed by atoms with Gasteiger partial charge in [-0.3, -0.25) is 4.99 Å². The first-order valence-electron chi connectivity index (χ1n) is 7.05. The molecule has 1 aliphatic heterocycles. The van der Waals surface area contributed by atoms with Crippen LogP contribution in [0.5, 0.6) is 0 Å². The predicted octanol–water partition coefficient (Wildman–Crippen LogP) is 2.55. The van der Waals surface area contributed by atoms with Crippen molar-refractivity contribution in [3.8, 4) is 0 Å². The molecule has 2 rings (SSSR count). The van der Waals surface area contributed by atoms with E-state index in [-0.39, 0.29) is 0 Å². The van der Waals surface area contributed by atoms with Crippen molar-refractivity contribution in [3.63, 3.8) is 0 Å². The van der Waals surface area contributed by atoms with E-state index >= 15 is 0 Å². The number of benzene rings is 1. The maximum absolute atomic E-state index is 13.5. The first-order chi connectivity index (χ1) is 9.56. The quantitative estimate of drug-likeness (QED) is 0.683. The Labute approximate surface area is 118 Å². The third-order valence-electron chi connectivity index (χ3n) is 3.65. The Kier molecular flexibility index (Phi) is 4.93. The van der Waals surface area contributed by atoms with E-state index in [0.29, 0.717) is 30.4 Å². The van der Waals surface area contributed by atoms with Gasteiger partial charge in [0.2, 0.25) is 0 Å². The summed E-state index contributed by atoms with van der Waals surface area (Å²) < 4.78 is 26.2. The van der Waals surface area contributed by atoms with Gasteiger partial charge >= 0.3 is 0 Å². The molecule has 1 aromatic rings. The lowest BCUT2D eigenvalue weighted by Crippen LogP contribution is -2.43. The summed E-state index contributed by atoms with van der Waals surface area (Å²) in [6.07, 6.45) is 2.78. The van der Waals surface area contributed by atoms with Gasteiger partial charge < -0.3 is 10.6 Å². The fourth-order valence-electron chi connectivity index (χ4n) is 2.51. The minimum Gasteiger partial charge on any atom is -0.370 e. The molecule has 1 heterocycles. The standard InChI is InChI=1S/C15H21F2N3/c1-11-3-2-8-20(10-11)15(18)19-7-6-12-4-5-13(16)9-14(12)17/h4-5,9,11H,2-3,6-8,10H2,1H3,(H2,18,19). The van der Waals surface area contributed by atoms with Crippen LogP contribution in [0.3, 0.4) is 0 Å². The number of likely N-dealkylation sites (tertiary alicyclic amines) is 1. The maximum Gasteiger partial charge on any atom is 0.191 e. The van der Waals surface area contributed by atoms with Crippen LogP contribution in [0, 0.1) is 17.6 Å².